The summed E-state index contributed by atoms with van der Waals surface area (Å²) in [7, 11) is 0. The molecular formula is C26H36O3. The minimum absolute atomic E-state index is 0.350. The van der Waals surface area contributed by atoms with E-state index in [0.717, 1.165) is 31.2 Å². The largest absolute Gasteiger partial charge is 0.493 e. The fourth-order valence-corrected chi connectivity index (χ4v) is 3.55. The van der Waals surface area contributed by atoms with Gasteiger partial charge in [0.1, 0.15) is 17.1 Å². The first-order chi connectivity index (χ1) is 14.2. The van der Waals surface area contributed by atoms with Gasteiger partial charge >= 0.3 is 5.97 Å². The fourth-order valence-electron chi connectivity index (χ4n) is 3.55. The van der Waals surface area contributed by atoms with Gasteiger partial charge in [0, 0.05) is 0 Å². The topological polar surface area (TPSA) is 35.5 Å². The van der Waals surface area contributed by atoms with Gasteiger partial charge in [-0.25, -0.2) is 4.79 Å². The minimum atomic E-state index is -0.361. The summed E-state index contributed by atoms with van der Waals surface area (Å²) >= 11 is 0. The molecule has 0 N–H and O–H groups in total. The first-order valence-corrected chi connectivity index (χ1v) is 11.2. The van der Waals surface area contributed by atoms with Crippen LogP contribution in [0.5, 0.6) is 11.5 Å². The molecule has 2 aromatic rings. The third kappa shape index (κ3) is 7.56. The molecule has 0 saturated heterocycles. The van der Waals surface area contributed by atoms with E-state index in [-0.39, 0.29) is 5.97 Å². The van der Waals surface area contributed by atoms with Gasteiger partial charge in [-0.05, 0) is 42.5 Å². The molecule has 158 valence electrons. The van der Waals surface area contributed by atoms with E-state index in [1.165, 1.54) is 25.7 Å². The van der Waals surface area contributed by atoms with Crippen LogP contribution in [0.25, 0.3) is 0 Å². The second-order valence-corrected chi connectivity index (χ2v) is 7.73. The molecule has 0 aliphatic carbocycles. The molecule has 1 unspecified atom stereocenters. The van der Waals surface area contributed by atoms with E-state index in [2.05, 4.69) is 20.8 Å². The molecule has 3 heteroatoms. The molecule has 3 nitrogen and oxygen atoms in total. The van der Waals surface area contributed by atoms with Gasteiger partial charge in [0.05, 0.1) is 6.61 Å². The van der Waals surface area contributed by atoms with Gasteiger partial charge in [-0.3, -0.25) is 0 Å². The van der Waals surface area contributed by atoms with Crippen molar-refractivity contribution in [2.24, 2.45) is 0 Å². The summed E-state index contributed by atoms with van der Waals surface area (Å²) in [6, 6.07) is 15.2. The maximum atomic E-state index is 12.9. The zero-order valence-electron chi connectivity index (χ0n) is 18.3. The second kappa shape index (κ2) is 13.0. The molecular weight excluding hydrogens is 360 g/mol. The molecule has 0 radical (unpaired) electrons. The van der Waals surface area contributed by atoms with E-state index >= 15 is 0 Å². The van der Waals surface area contributed by atoms with Crippen LogP contribution in [-0.2, 0) is 0 Å². The number of hydrogen-bond acceptors (Lipinski definition) is 3. The lowest BCUT2D eigenvalue weighted by molar-refractivity contribution is 0.0728. The van der Waals surface area contributed by atoms with Crippen LogP contribution in [0.4, 0.5) is 0 Å². The van der Waals surface area contributed by atoms with Crippen molar-refractivity contribution in [2.45, 2.75) is 78.1 Å². The Morgan fingerprint density at radius 1 is 0.828 bits per heavy atom. The highest BCUT2D eigenvalue weighted by molar-refractivity contribution is 5.94. The Morgan fingerprint density at radius 3 is 2.24 bits per heavy atom. The summed E-state index contributed by atoms with van der Waals surface area (Å²) < 4.78 is 11.7. The normalized spacial score (nSPS) is 11.8. The van der Waals surface area contributed by atoms with Gasteiger partial charge in [-0.2, -0.15) is 0 Å². The molecule has 0 fully saturated rings. The standard InChI is InChI=1S/C26H36O3/c1-4-6-7-8-9-14-20-28-24-18-12-11-17-23(24)26(27)29-25-19-13-10-16-22(25)21(3)15-5-2/h10-13,16-19,21H,4-9,14-15,20H2,1-3H3. The summed E-state index contributed by atoms with van der Waals surface area (Å²) in [5, 5.41) is 0. The second-order valence-electron chi connectivity index (χ2n) is 7.73. The number of carbonyl (C=O) groups is 1. The number of hydrogen-bond donors (Lipinski definition) is 0. The van der Waals surface area contributed by atoms with Crippen LogP contribution in [0, 0.1) is 0 Å². The predicted molar refractivity (Wildman–Crippen MR) is 120 cm³/mol. The number of carbonyl (C=O) groups excluding carboxylic acids is 1. The van der Waals surface area contributed by atoms with Crippen LogP contribution in [-0.4, -0.2) is 12.6 Å². The molecule has 1 atom stereocenters. The molecule has 0 aliphatic heterocycles. The highest BCUT2D eigenvalue weighted by atomic mass is 16.5. The number of esters is 1. The van der Waals surface area contributed by atoms with Crippen LogP contribution < -0.4 is 9.47 Å². The van der Waals surface area contributed by atoms with Gasteiger partial charge in [0.15, 0.2) is 0 Å². The Kier molecular flexibility index (Phi) is 10.3. The average Bonchev–Trinajstić information content (AvgIpc) is 2.74. The summed E-state index contributed by atoms with van der Waals surface area (Å²) in [5.74, 6) is 1.23. The fraction of sp³-hybridized carbons (Fsp3) is 0.500. The lowest BCUT2D eigenvalue weighted by Crippen LogP contribution is -2.13. The van der Waals surface area contributed by atoms with Crippen molar-refractivity contribution in [2.75, 3.05) is 6.61 Å². The van der Waals surface area contributed by atoms with Crippen molar-refractivity contribution in [3.05, 3.63) is 59.7 Å². The highest BCUT2D eigenvalue weighted by Crippen LogP contribution is 2.30. The number of unbranched alkanes of at least 4 members (excludes halogenated alkanes) is 5. The summed E-state index contributed by atoms with van der Waals surface area (Å²) in [4.78, 5) is 12.9. The third-order valence-electron chi connectivity index (χ3n) is 5.24. The van der Waals surface area contributed by atoms with E-state index in [0.29, 0.717) is 29.6 Å². The van der Waals surface area contributed by atoms with E-state index < -0.39 is 0 Å². The van der Waals surface area contributed by atoms with Crippen LogP contribution in [0.3, 0.4) is 0 Å². The molecule has 0 aromatic heterocycles. The van der Waals surface area contributed by atoms with Crippen molar-refractivity contribution in [3.8, 4) is 11.5 Å². The Balaban J connectivity index is 1.98. The number of benzene rings is 2. The van der Waals surface area contributed by atoms with Crippen LogP contribution in [0.1, 0.15) is 94.0 Å². The van der Waals surface area contributed by atoms with E-state index in [4.69, 9.17) is 9.47 Å². The average molecular weight is 397 g/mol. The monoisotopic (exact) mass is 396 g/mol. The van der Waals surface area contributed by atoms with E-state index in [9.17, 15) is 4.79 Å². The van der Waals surface area contributed by atoms with Crippen LogP contribution >= 0.6 is 0 Å². The van der Waals surface area contributed by atoms with Crippen molar-refractivity contribution in [3.63, 3.8) is 0 Å². The predicted octanol–water partition coefficient (Wildman–Crippen LogP) is 7.55. The molecule has 0 aliphatic rings. The Hall–Kier alpha value is -2.29. The maximum Gasteiger partial charge on any atom is 0.347 e. The van der Waals surface area contributed by atoms with Crippen LogP contribution in [0.2, 0.25) is 0 Å². The van der Waals surface area contributed by atoms with Crippen LogP contribution in [0.15, 0.2) is 48.5 Å². The Labute approximate surface area is 176 Å². The summed E-state index contributed by atoms with van der Waals surface area (Å²) in [5.41, 5.74) is 1.56. The van der Waals surface area contributed by atoms with Gasteiger partial charge in [0.2, 0.25) is 0 Å². The summed E-state index contributed by atoms with van der Waals surface area (Å²) in [6.45, 7) is 7.19. The van der Waals surface area contributed by atoms with E-state index in [1.807, 2.05) is 42.5 Å². The van der Waals surface area contributed by atoms with Gasteiger partial charge in [-0.1, -0.05) is 89.6 Å². The Morgan fingerprint density at radius 2 is 1.48 bits per heavy atom. The van der Waals surface area contributed by atoms with Crippen molar-refractivity contribution >= 4 is 5.97 Å². The summed E-state index contributed by atoms with van der Waals surface area (Å²) in [6.07, 6.45) is 9.41. The molecule has 0 saturated carbocycles. The number of ether oxygens (including phenoxy) is 2. The molecule has 2 rings (SSSR count). The van der Waals surface area contributed by atoms with Gasteiger partial charge in [-0.15, -0.1) is 0 Å². The molecule has 0 bridgehead atoms. The van der Waals surface area contributed by atoms with Crippen molar-refractivity contribution < 1.29 is 14.3 Å². The maximum absolute atomic E-state index is 12.9. The number of para-hydroxylation sites is 2. The SMILES string of the molecule is CCCCCCCCOc1ccccc1C(=O)Oc1ccccc1C(C)CCC. The first-order valence-electron chi connectivity index (χ1n) is 11.2. The zero-order chi connectivity index (χ0) is 20.9. The highest BCUT2D eigenvalue weighted by Gasteiger charge is 2.18. The molecule has 0 spiro atoms. The molecule has 0 amide bonds. The smallest absolute Gasteiger partial charge is 0.347 e. The van der Waals surface area contributed by atoms with Crippen molar-refractivity contribution in [1.29, 1.82) is 0 Å². The first kappa shape index (κ1) is 23.0. The lowest BCUT2D eigenvalue weighted by atomic mass is 9.96. The Bertz CT molecular complexity index is 738. The molecule has 0 heterocycles. The minimum Gasteiger partial charge on any atom is -0.493 e. The number of rotatable bonds is 13. The quantitative estimate of drug-likeness (QED) is 0.199. The lowest BCUT2D eigenvalue weighted by Gasteiger charge is -2.16. The van der Waals surface area contributed by atoms with E-state index in [1.54, 1.807) is 6.07 Å². The zero-order valence-corrected chi connectivity index (χ0v) is 18.3. The third-order valence-corrected chi connectivity index (χ3v) is 5.24. The van der Waals surface area contributed by atoms with Gasteiger partial charge < -0.3 is 9.47 Å². The van der Waals surface area contributed by atoms with Gasteiger partial charge in [0.25, 0.3) is 0 Å². The molecule has 29 heavy (non-hydrogen) atoms. The molecule has 2 aromatic carbocycles. The van der Waals surface area contributed by atoms with Crippen molar-refractivity contribution in [1.82, 2.24) is 0 Å².